The van der Waals surface area contributed by atoms with Crippen LogP contribution in [0.1, 0.15) is 12.0 Å². The van der Waals surface area contributed by atoms with Crippen LogP contribution in [0.3, 0.4) is 0 Å². The van der Waals surface area contributed by atoms with Gasteiger partial charge in [-0.25, -0.2) is 13.2 Å². The monoisotopic (exact) mass is 258 g/mol. The van der Waals surface area contributed by atoms with E-state index in [2.05, 4.69) is 15.9 Å². The second-order valence-corrected chi connectivity index (χ2v) is 3.29. The summed E-state index contributed by atoms with van der Waals surface area (Å²) < 4.78 is 36.8. The standard InChI is InChI=1S/C7H3BrClF3/c8-6-4(7(11)12)1-3(10)2-5(6)9/h1-2,7H. The smallest absolute Gasteiger partial charge is 0.207 e. The van der Waals surface area contributed by atoms with Crippen LogP contribution in [-0.2, 0) is 0 Å². The van der Waals surface area contributed by atoms with E-state index in [9.17, 15) is 13.2 Å². The van der Waals surface area contributed by atoms with E-state index in [1.54, 1.807) is 0 Å². The minimum atomic E-state index is -2.73. The van der Waals surface area contributed by atoms with Crippen LogP contribution < -0.4 is 0 Å². The second kappa shape index (κ2) is 3.66. The number of hydrogen-bond donors (Lipinski definition) is 0. The van der Waals surface area contributed by atoms with Crippen LogP contribution in [0.2, 0.25) is 5.02 Å². The molecule has 0 bridgehead atoms. The average Bonchev–Trinajstić information content (AvgIpc) is 1.96. The number of halogens is 5. The summed E-state index contributed by atoms with van der Waals surface area (Å²) in [6, 6.07) is 1.72. The Balaban J connectivity index is 3.28. The highest BCUT2D eigenvalue weighted by Crippen LogP contribution is 2.33. The molecule has 5 heteroatoms. The van der Waals surface area contributed by atoms with Gasteiger partial charge in [-0.05, 0) is 28.1 Å². The Morgan fingerprint density at radius 3 is 2.42 bits per heavy atom. The van der Waals surface area contributed by atoms with E-state index in [0.29, 0.717) is 0 Å². The van der Waals surface area contributed by atoms with Gasteiger partial charge in [-0.15, -0.1) is 0 Å². The van der Waals surface area contributed by atoms with E-state index < -0.39 is 17.8 Å². The maximum absolute atomic E-state index is 12.5. The molecule has 0 aliphatic rings. The van der Waals surface area contributed by atoms with Gasteiger partial charge >= 0.3 is 0 Å². The first kappa shape index (κ1) is 9.86. The van der Waals surface area contributed by atoms with Crippen molar-refractivity contribution in [2.24, 2.45) is 0 Å². The normalized spacial score (nSPS) is 10.8. The van der Waals surface area contributed by atoms with Crippen molar-refractivity contribution in [2.45, 2.75) is 6.43 Å². The summed E-state index contributed by atoms with van der Waals surface area (Å²) in [5.74, 6) is -0.765. The zero-order valence-electron chi connectivity index (χ0n) is 5.62. The lowest BCUT2D eigenvalue weighted by atomic mass is 10.2. The van der Waals surface area contributed by atoms with Gasteiger partial charge in [-0.3, -0.25) is 0 Å². The Morgan fingerprint density at radius 2 is 1.92 bits per heavy atom. The molecular formula is C7H3BrClF3. The molecule has 66 valence electrons. The minimum absolute atomic E-state index is 0.0422. The highest BCUT2D eigenvalue weighted by atomic mass is 79.9. The Morgan fingerprint density at radius 1 is 1.33 bits per heavy atom. The third kappa shape index (κ3) is 1.93. The van der Waals surface area contributed by atoms with Crippen LogP contribution in [0.4, 0.5) is 13.2 Å². The molecule has 0 atom stereocenters. The van der Waals surface area contributed by atoms with Crippen molar-refractivity contribution >= 4 is 27.5 Å². The first-order valence-electron chi connectivity index (χ1n) is 2.95. The van der Waals surface area contributed by atoms with E-state index in [1.807, 2.05) is 0 Å². The topological polar surface area (TPSA) is 0 Å². The molecule has 0 spiro atoms. The fourth-order valence-electron chi connectivity index (χ4n) is 0.735. The van der Waals surface area contributed by atoms with Gasteiger partial charge in [0.15, 0.2) is 0 Å². The number of alkyl halides is 2. The lowest BCUT2D eigenvalue weighted by Crippen LogP contribution is -1.89. The summed E-state index contributed by atoms with van der Waals surface area (Å²) in [5.41, 5.74) is -0.431. The Labute approximate surface area is 80.5 Å². The molecule has 0 amide bonds. The van der Waals surface area contributed by atoms with Gasteiger partial charge in [0, 0.05) is 10.0 Å². The van der Waals surface area contributed by atoms with Gasteiger partial charge in [0.2, 0.25) is 0 Å². The first-order valence-corrected chi connectivity index (χ1v) is 4.12. The zero-order chi connectivity index (χ0) is 9.30. The molecule has 1 rings (SSSR count). The van der Waals surface area contributed by atoms with Crippen molar-refractivity contribution in [2.75, 3.05) is 0 Å². The molecule has 0 aliphatic heterocycles. The predicted molar refractivity (Wildman–Crippen MR) is 44.1 cm³/mol. The fourth-order valence-corrected chi connectivity index (χ4v) is 1.35. The van der Waals surface area contributed by atoms with Crippen LogP contribution >= 0.6 is 27.5 Å². The molecule has 0 fully saturated rings. The van der Waals surface area contributed by atoms with E-state index in [0.717, 1.165) is 12.1 Å². The molecule has 12 heavy (non-hydrogen) atoms. The molecule has 1 aromatic carbocycles. The van der Waals surface area contributed by atoms with Crippen molar-refractivity contribution in [3.05, 3.63) is 33.0 Å². The van der Waals surface area contributed by atoms with Crippen LogP contribution in [0.5, 0.6) is 0 Å². The molecule has 0 saturated carbocycles. The predicted octanol–water partition coefficient (Wildman–Crippen LogP) is 4.18. The summed E-state index contributed by atoms with van der Waals surface area (Å²) in [6.07, 6.45) is -2.73. The Bertz CT molecular complexity index is 301. The summed E-state index contributed by atoms with van der Waals surface area (Å²) in [4.78, 5) is 0. The minimum Gasteiger partial charge on any atom is -0.207 e. The highest BCUT2D eigenvalue weighted by Gasteiger charge is 2.15. The molecule has 0 aromatic heterocycles. The second-order valence-electron chi connectivity index (χ2n) is 2.09. The number of hydrogen-bond acceptors (Lipinski definition) is 0. The maximum Gasteiger partial charge on any atom is 0.265 e. The summed E-state index contributed by atoms with van der Waals surface area (Å²) in [5, 5.41) is -0.0506. The SMILES string of the molecule is Fc1cc(Cl)c(Br)c(C(F)F)c1. The van der Waals surface area contributed by atoms with Gasteiger partial charge in [0.05, 0.1) is 5.02 Å². The number of rotatable bonds is 1. The van der Waals surface area contributed by atoms with Crippen LogP contribution in [-0.4, -0.2) is 0 Å². The third-order valence-electron chi connectivity index (χ3n) is 1.26. The Hall–Kier alpha value is -0.220. The maximum atomic E-state index is 12.5. The molecule has 0 saturated heterocycles. The molecule has 1 aromatic rings. The van der Waals surface area contributed by atoms with Gasteiger partial charge in [-0.2, -0.15) is 0 Å². The largest absolute Gasteiger partial charge is 0.265 e. The molecule has 0 radical (unpaired) electrons. The quantitative estimate of drug-likeness (QED) is 0.664. The van der Waals surface area contributed by atoms with Gasteiger partial charge < -0.3 is 0 Å². The molecule has 0 nitrogen and oxygen atoms in total. The van der Waals surface area contributed by atoms with Crippen LogP contribution in [0, 0.1) is 5.82 Å². The van der Waals surface area contributed by atoms with Gasteiger partial charge in [0.25, 0.3) is 6.43 Å². The van der Waals surface area contributed by atoms with E-state index >= 15 is 0 Å². The lowest BCUT2D eigenvalue weighted by Gasteiger charge is -2.04. The summed E-state index contributed by atoms with van der Waals surface area (Å²) in [6.45, 7) is 0. The fraction of sp³-hybridized carbons (Fsp3) is 0.143. The summed E-state index contributed by atoms with van der Waals surface area (Å²) in [7, 11) is 0. The van der Waals surface area contributed by atoms with Gasteiger partial charge in [-0.1, -0.05) is 11.6 Å². The summed E-state index contributed by atoms with van der Waals surface area (Å²) >= 11 is 8.28. The zero-order valence-corrected chi connectivity index (χ0v) is 7.96. The Kier molecular flexibility index (Phi) is 3.01. The van der Waals surface area contributed by atoms with Crippen LogP contribution in [0.15, 0.2) is 16.6 Å². The van der Waals surface area contributed by atoms with E-state index in [1.165, 1.54) is 0 Å². The molecule has 0 aliphatic carbocycles. The lowest BCUT2D eigenvalue weighted by molar-refractivity contribution is 0.150. The number of benzene rings is 1. The van der Waals surface area contributed by atoms with Crippen molar-refractivity contribution in [1.82, 2.24) is 0 Å². The first-order chi connectivity index (χ1) is 5.52. The van der Waals surface area contributed by atoms with E-state index in [4.69, 9.17) is 11.6 Å². The molecule has 0 unspecified atom stereocenters. The average molecular weight is 259 g/mol. The van der Waals surface area contributed by atoms with Crippen molar-refractivity contribution in [3.63, 3.8) is 0 Å². The molecule has 0 heterocycles. The highest BCUT2D eigenvalue weighted by molar-refractivity contribution is 9.10. The van der Waals surface area contributed by atoms with Gasteiger partial charge in [0.1, 0.15) is 5.82 Å². The molecule has 0 N–H and O–H groups in total. The van der Waals surface area contributed by atoms with Crippen molar-refractivity contribution < 1.29 is 13.2 Å². The van der Waals surface area contributed by atoms with E-state index in [-0.39, 0.29) is 9.50 Å². The van der Waals surface area contributed by atoms with Crippen molar-refractivity contribution in [1.29, 1.82) is 0 Å². The third-order valence-corrected chi connectivity index (χ3v) is 2.67. The molecular weight excluding hydrogens is 256 g/mol. The van der Waals surface area contributed by atoms with Crippen LogP contribution in [0.25, 0.3) is 0 Å². The van der Waals surface area contributed by atoms with Crippen molar-refractivity contribution in [3.8, 4) is 0 Å².